The predicted octanol–water partition coefficient (Wildman–Crippen LogP) is 3.18. The maximum atomic E-state index is 12.5. The van der Waals surface area contributed by atoms with Crippen molar-refractivity contribution < 1.29 is 17.9 Å². The van der Waals surface area contributed by atoms with Gasteiger partial charge in [-0.25, -0.2) is 8.42 Å². The van der Waals surface area contributed by atoms with Crippen molar-refractivity contribution in [3.05, 3.63) is 59.4 Å². The number of nitrogens with zero attached hydrogens (tertiary/aromatic N) is 3. The van der Waals surface area contributed by atoms with E-state index in [-0.39, 0.29) is 22.3 Å². The number of rotatable bonds is 8. The Bertz CT molecular complexity index is 1150. The second-order valence-corrected chi connectivity index (χ2v) is 9.56. The van der Waals surface area contributed by atoms with Crippen molar-refractivity contribution in [2.24, 2.45) is 7.05 Å². The maximum absolute atomic E-state index is 12.5. The number of halogens is 1. The van der Waals surface area contributed by atoms with Gasteiger partial charge in [-0.1, -0.05) is 41.6 Å². The normalized spacial score (nSPS) is 11.3. The van der Waals surface area contributed by atoms with E-state index in [2.05, 4.69) is 15.5 Å². The number of thioether (sulfide) groups is 1. The molecule has 11 heteroatoms. The summed E-state index contributed by atoms with van der Waals surface area (Å²) in [6, 6.07) is 13.1. The van der Waals surface area contributed by atoms with Gasteiger partial charge in [-0.3, -0.25) is 4.79 Å². The third-order valence-electron chi connectivity index (χ3n) is 4.11. The third kappa shape index (κ3) is 5.32. The quantitative estimate of drug-likeness (QED) is 0.508. The molecule has 0 radical (unpaired) electrons. The molecule has 0 spiro atoms. The monoisotopic (exact) mass is 466 g/mol. The smallest absolute Gasteiger partial charge is 0.234 e. The molecule has 0 saturated heterocycles. The van der Waals surface area contributed by atoms with Gasteiger partial charge in [0.2, 0.25) is 5.91 Å². The molecule has 0 aliphatic carbocycles. The number of sulfone groups is 1. The predicted molar refractivity (Wildman–Crippen MR) is 116 cm³/mol. The van der Waals surface area contributed by atoms with E-state index in [0.717, 1.165) is 11.8 Å². The Labute approximate surface area is 183 Å². The van der Waals surface area contributed by atoms with Gasteiger partial charge in [-0.2, -0.15) is 0 Å². The minimum atomic E-state index is -3.54. The highest BCUT2D eigenvalue weighted by Gasteiger charge is 2.20. The lowest BCUT2D eigenvalue weighted by Gasteiger charge is -2.08. The summed E-state index contributed by atoms with van der Waals surface area (Å²) < 4.78 is 31.7. The first-order chi connectivity index (χ1) is 14.3. The summed E-state index contributed by atoms with van der Waals surface area (Å²) in [4.78, 5) is 12.4. The number of hydrogen-bond donors (Lipinski definition) is 1. The molecule has 158 valence electrons. The molecule has 2 aromatic carbocycles. The van der Waals surface area contributed by atoms with Crippen molar-refractivity contribution in [3.8, 4) is 5.75 Å². The second-order valence-electron chi connectivity index (χ2n) is 6.22. The number of amides is 1. The molecule has 1 N–H and O–H groups in total. The van der Waals surface area contributed by atoms with Gasteiger partial charge in [0, 0.05) is 12.7 Å². The third-order valence-corrected chi connectivity index (χ3v) is 7.06. The Hall–Kier alpha value is -2.56. The zero-order valence-corrected chi connectivity index (χ0v) is 18.6. The lowest BCUT2D eigenvalue weighted by molar-refractivity contribution is -0.113. The average molecular weight is 467 g/mol. The first-order valence-electron chi connectivity index (χ1n) is 8.72. The van der Waals surface area contributed by atoms with Gasteiger partial charge >= 0.3 is 0 Å². The summed E-state index contributed by atoms with van der Waals surface area (Å²) in [7, 11) is -0.363. The van der Waals surface area contributed by atoms with Crippen LogP contribution in [0.4, 0.5) is 5.69 Å². The zero-order chi connectivity index (χ0) is 21.7. The molecule has 0 saturated carbocycles. The Kier molecular flexibility index (Phi) is 7.01. The second kappa shape index (κ2) is 9.50. The summed E-state index contributed by atoms with van der Waals surface area (Å²) in [5, 5.41) is 11.5. The summed E-state index contributed by atoms with van der Waals surface area (Å²) in [6.07, 6.45) is 0. The molecule has 0 fully saturated rings. The largest absolute Gasteiger partial charge is 0.495 e. The van der Waals surface area contributed by atoms with Crippen molar-refractivity contribution in [1.82, 2.24) is 14.8 Å². The molecule has 0 bridgehead atoms. The number of carbonyl (C=O) groups excluding carboxylic acids is 1. The van der Waals surface area contributed by atoms with E-state index in [4.69, 9.17) is 16.3 Å². The van der Waals surface area contributed by atoms with Crippen molar-refractivity contribution >= 4 is 44.8 Å². The summed E-state index contributed by atoms with van der Waals surface area (Å²) >= 11 is 7.21. The minimum absolute atomic E-state index is 0.0705. The van der Waals surface area contributed by atoms with Crippen LogP contribution in [0.15, 0.2) is 58.6 Å². The number of benzene rings is 2. The van der Waals surface area contributed by atoms with Gasteiger partial charge < -0.3 is 14.6 Å². The average Bonchev–Trinajstić information content (AvgIpc) is 3.06. The lowest BCUT2D eigenvalue weighted by Crippen LogP contribution is -2.14. The maximum Gasteiger partial charge on any atom is 0.234 e. The molecule has 1 amide bonds. The number of anilines is 1. The van der Waals surface area contributed by atoms with Crippen LogP contribution in [0.1, 0.15) is 5.82 Å². The molecule has 0 aliphatic rings. The molecule has 0 atom stereocenters. The van der Waals surface area contributed by atoms with Crippen LogP contribution in [0.5, 0.6) is 5.75 Å². The molecule has 8 nitrogen and oxygen atoms in total. The number of ether oxygens (including phenoxy) is 1. The first-order valence-corrected chi connectivity index (χ1v) is 11.7. The lowest BCUT2D eigenvalue weighted by atomic mass is 10.3. The molecule has 0 unspecified atom stereocenters. The first kappa shape index (κ1) is 22.1. The molecule has 30 heavy (non-hydrogen) atoms. The molecular weight excluding hydrogens is 448 g/mol. The standard InChI is InChI=1S/C19H19ClN4O4S2/c1-24-17(12-30(26,27)14-6-4-3-5-7-14)22-23-19(24)29-11-18(25)21-13-8-9-16(28-2)15(20)10-13/h3-10H,11-12H2,1-2H3,(H,21,25). The highest BCUT2D eigenvalue weighted by Crippen LogP contribution is 2.27. The Morgan fingerprint density at radius 3 is 2.60 bits per heavy atom. The van der Waals surface area contributed by atoms with Crippen LogP contribution in [0.3, 0.4) is 0 Å². The van der Waals surface area contributed by atoms with E-state index in [0.29, 0.717) is 27.4 Å². The fourth-order valence-electron chi connectivity index (χ4n) is 2.55. The van der Waals surface area contributed by atoms with Crippen LogP contribution in [0.2, 0.25) is 5.02 Å². The molecule has 3 rings (SSSR count). The molecule has 1 heterocycles. The van der Waals surface area contributed by atoms with Gasteiger partial charge in [0.25, 0.3) is 0 Å². The van der Waals surface area contributed by atoms with Crippen molar-refractivity contribution in [3.63, 3.8) is 0 Å². The zero-order valence-electron chi connectivity index (χ0n) is 16.2. The summed E-state index contributed by atoms with van der Waals surface area (Å²) in [5.41, 5.74) is 0.541. The van der Waals surface area contributed by atoms with Gasteiger partial charge in [0.05, 0.1) is 22.8 Å². The van der Waals surface area contributed by atoms with Gasteiger partial charge in [0.1, 0.15) is 17.3 Å². The van der Waals surface area contributed by atoms with E-state index >= 15 is 0 Å². The fraction of sp³-hybridized carbons (Fsp3) is 0.211. The number of carbonyl (C=O) groups is 1. The van der Waals surface area contributed by atoms with Crippen molar-refractivity contribution in [2.75, 3.05) is 18.2 Å². The van der Waals surface area contributed by atoms with Crippen LogP contribution in [-0.4, -0.2) is 42.0 Å². The van der Waals surface area contributed by atoms with Crippen molar-refractivity contribution in [1.29, 1.82) is 0 Å². The molecule has 0 aliphatic heterocycles. The van der Waals surface area contributed by atoms with Crippen LogP contribution < -0.4 is 10.1 Å². The van der Waals surface area contributed by atoms with E-state index < -0.39 is 9.84 Å². The SMILES string of the molecule is COc1ccc(NC(=O)CSc2nnc(CS(=O)(=O)c3ccccc3)n2C)cc1Cl. The van der Waals surface area contributed by atoms with Crippen LogP contribution in [-0.2, 0) is 27.4 Å². The molecule has 1 aromatic heterocycles. The van der Waals surface area contributed by atoms with E-state index in [1.165, 1.54) is 19.2 Å². The highest BCUT2D eigenvalue weighted by molar-refractivity contribution is 7.99. The van der Waals surface area contributed by atoms with Crippen LogP contribution >= 0.6 is 23.4 Å². The Morgan fingerprint density at radius 2 is 1.93 bits per heavy atom. The van der Waals surface area contributed by atoms with Gasteiger partial charge in [-0.15, -0.1) is 10.2 Å². The van der Waals surface area contributed by atoms with Gasteiger partial charge in [0.15, 0.2) is 15.0 Å². The highest BCUT2D eigenvalue weighted by atomic mass is 35.5. The fourth-order valence-corrected chi connectivity index (χ4v) is 4.87. The topological polar surface area (TPSA) is 103 Å². The van der Waals surface area contributed by atoms with Crippen LogP contribution in [0.25, 0.3) is 0 Å². The Morgan fingerprint density at radius 1 is 1.20 bits per heavy atom. The molecule has 3 aromatic rings. The van der Waals surface area contributed by atoms with Crippen molar-refractivity contribution in [2.45, 2.75) is 15.8 Å². The minimum Gasteiger partial charge on any atom is -0.495 e. The van der Waals surface area contributed by atoms with Crippen LogP contribution in [0, 0.1) is 0 Å². The van der Waals surface area contributed by atoms with Gasteiger partial charge in [-0.05, 0) is 30.3 Å². The number of nitrogens with one attached hydrogen (secondary N) is 1. The molecular formula is C19H19ClN4O4S2. The van der Waals surface area contributed by atoms with E-state index in [1.54, 1.807) is 48.0 Å². The van der Waals surface area contributed by atoms with E-state index in [9.17, 15) is 13.2 Å². The Balaban J connectivity index is 1.61. The summed E-state index contributed by atoms with van der Waals surface area (Å²) in [5.74, 6) is 0.339. The number of methoxy groups -OCH3 is 1. The number of hydrogen-bond acceptors (Lipinski definition) is 7. The van der Waals surface area contributed by atoms with E-state index in [1.807, 2.05) is 0 Å². The summed E-state index contributed by atoms with van der Waals surface area (Å²) in [6.45, 7) is 0. The number of aromatic nitrogens is 3.